The minimum atomic E-state index is -1.36. The van der Waals surface area contributed by atoms with Crippen molar-refractivity contribution in [3.05, 3.63) is 56.2 Å². The van der Waals surface area contributed by atoms with Gasteiger partial charge in [-0.25, -0.2) is 9.18 Å². The van der Waals surface area contributed by atoms with Crippen LogP contribution in [-0.4, -0.2) is 62.1 Å². The first-order chi connectivity index (χ1) is 17.1. The molecule has 10 nitrogen and oxygen atoms in total. The van der Waals surface area contributed by atoms with Gasteiger partial charge in [-0.1, -0.05) is 11.6 Å². The molecule has 1 aliphatic carbocycles. The van der Waals surface area contributed by atoms with Crippen molar-refractivity contribution in [3.8, 4) is 0 Å². The van der Waals surface area contributed by atoms with E-state index in [9.17, 15) is 33.5 Å². The van der Waals surface area contributed by atoms with Gasteiger partial charge in [0.2, 0.25) is 5.43 Å². The summed E-state index contributed by atoms with van der Waals surface area (Å²) < 4.78 is 20.8. The molecule has 36 heavy (non-hydrogen) atoms. The van der Waals surface area contributed by atoms with Crippen LogP contribution in [0.2, 0.25) is 5.02 Å². The highest BCUT2D eigenvalue weighted by atomic mass is 35.5. The molecule has 2 fully saturated rings. The molecular weight excluding hydrogens is 517 g/mol. The molecule has 3 aliphatic rings. The Balaban J connectivity index is 1.43. The third-order valence-corrected chi connectivity index (χ3v) is 7.87. The Labute approximate surface area is 212 Å². The molecule has 2 aliphatic heterocycles. The largest absolute Gasteiger partial charge is 0.477 e. The number of hydrogen-bond acceptors (Lipinski definition) is 7. The second-order valence-corrected chi connectivity index (χ2v) is 10.2. The van der Waals surface area contributed by atoms with E-state index in [-0.39, 0.29) is 45.6 Å². The number of pyridine rings is 1. The quantitative estimate of drug-likeness (QED) is 0.424. The normalized spacial score (nSPS) is 21.2. The van der Waals surface area contributed by atoms with Gasteiger partial charge < -0.3 is 19.7 Å². The van der Waals surface area contributed by atoms with Gasteiger partial charge in [-0.15, -0.1) is 11.8 Å². The average Bonchev–Trinajstić information content (AvgIpc) is 3.67. The van der Waals surface area contributed by atoms with Crippen molar-refractivity contribution < 1.29 is 33.4 Å². The second-order valence-electron chi connectivity index (χ2n) is 8.69. The van der Waals surface area contributed by atoms with Crippen molar-refractivity contribution in [2.24, 2.45) is 0 Å². The number of β-lactam (4-membered cyclic amide) rings is 1. The van der Waals surface area contributed by atoms with Crippen molar-refractivity contribution in [1.29, 1.82) is 0 Å². The molecule has 2 amide bonds. The van der Waals surface area contributed by atoms with Gasteiger partial charge in [0.1, 0.15) is 35.1 Å². The van der Waals surface area contributed by atoms with E-state index in [4.69, 9.17) is 16.3 Å². The van der Waals surface area contributed by atoms with E-state index in [2.05, 4.69) is 5.32 Å². The topological polar surface area (TPSA) is 135 Å². The van der Waals surface area contributed by atoms with Gasteiger partial charge in [0.05, 0.1) is 10.5 Å². The Morgan fingerprint density at radius 3 is 2.64 bits per heavy atom. The summed E-state index contributed by atoms with van der Waals surface area (Å²) in [7, 11) is 0. The zero-order valence-electron chi connectivity index (χ0n) is 18.7. The van der Waals surface area contributed by atoms with Gasteiger partial charge in [-0.2, -0.15) is 0 Å². The average molecular weight is 536 g/mol. The number of aliphatic carboxylic acids is 1. The molecule has 2 aromatic rings. The van der Waals surface area contributed by atoms with Crippen LogP contribution in [0.4, 0.5) is 4.39 Å². The van der Waals surface area contributed by atoms with E-state index in [1.54, 1.807) is 4.57 Å². The highest BCUT2D eigenvalue weighted by Crippen LogP contribution is 2.41. The third-order valence-electron chi connectivity index (χ3n) is 6.25. The first-order valence-electron chi connectivity index (χ1n) is 11.0. The van der Waals surface area contributed by atoms with Gasteiger partial charge in [0.25, 0.3) is 11.8 Å². The fourth-order valence-corrected chi connectivity index (χ4v) is 5.85. The van der Waals surface area contributed by atoms with Gasteiger partial charge in [0, 0.05) is 35.9 Å². The smallest absolute Gasteiger partial charge is 0.352 e. The van der Waals surface area contributed by atoms with Gasteiger partial charge >= 0.3 is 11.9 Å². The molecule has 13 heteroatoms. The number of aromatic nitrogens is 1. The van der Waals surface area contributed by atoms with E-state index in [0.717, 1.165) is 23.8 Å². The minimum absolute atomic E-state index is 0.00346. The maximum absolute atomic E-state index is 14.1. The molecule has 0 spiro atoms. The van der Waals surface area contributed by atoms with Crippen LogP contribution in [0.25, 0.3) is 10.9 Å². The lowest BCUT2D eigenvalue weighted by atomic mass is 10.0. The summed E-state index contributed by atoms with van der Waals surface area (Å²) in [6.07, 6.45) is 3.03. The lowest BCUT2D eigenvalue weighted by Crippen LogP contribution is -2.70. The maximum atomic E-state index is 14.1. The zero-order valence-corrected chi connectivity index (χ0v) is 20.3. The zero-order chi connectivity index (χ0) is 25.9. The Morgan fingerprint density at radius 1 is 1.28 bits per heavy atom. The minimum Gasteiger partial charge on any atom is -0.477 e. The molecule has 1 saturated heterocycles. The summed E-state index contributed by atoms with van der Waals surface area (Å²) in [6.45, 7) is 0.920. The number of benzene rings is 1. The molecule has 1 aromatic carbocycles. The summed E-state index contributed by atoms with van der Waals surface area (Å²) in [5, 5.41) is 11.3. The summed E-state index contributed by atoms with van der Waals surface area (Å²) in [5.74, 6) is -4.06. The number of nitrogens with one attached hydrogen (secondary N) is 1. The highest BCUT2D eigenvalue weighted by molar-refractivity contribution is 8.00. The number of amides is 2. The number of thioether (sulfide) groups is 1. The molecule has 1 saturated carbocycles. The molecule has 0 bridgehead atoms. The van der Waals surface area contributed by atoms with Crippen molar-refractivity contribution in [3.63, 3.8) is 0 Å². The van der Waals surface area contributed by atoms with Crippen molar-refractivity contribution in [1.82, 2.24) is 14.8 Å². The number of esters is 1. The molecule has 0 unspecified atom stereocenters. The van der Waals surface area contributed by atoms with E-state index < -0.39 is 46.4 Å². The predicted octanol–water partition coefficient (Wildman–Crippen LogP) is 2.04. The molecule has 3 heterocycles. The number of ether oxygens (including phenoxy) is 1. The van der Waals surface area contributed by atoms with Gasteiger partial charge in [-0.3, -0.25) is 24.1 Å². The Bertz CT molecular complexity index is 1450. The fraction of sp³-hybridized carbons (Fsp3) is 0.348. The standard InChI is InChI=1S/C23H19ClFN3O7S/c1-9(29)35-7-10-8-36-22-17(21(32)28(22)18(10)23(33)34)26-20(31)13-6-27(11-2-3-11)16-5-14(24)15(25)4-12(16)19(13)30/h4-6,11,17,22H,2-3,7-8H2,1H3,(H,26,31)(H,33,34)/t17-,22-/m1/s1. The number of carbonyl (C=O) groups excluding carboxylic acids is 3. The number of fused-ring (bicyclic) bond motifs is 2. The van der Waals surface area contributed by atoms with Crippen LogP contribution in [0.1, 0.15) is 36.2 Å². The number of carbonyl (C=O) groups is 4. The Hall–Kier alpha value is -3.38. The van der Waals surface area contributed by atoms with E-state index in [1.807, 2.05) is 0 Å². The van der Waals surface area contributed by atoms with E-state index >= 15 is 0 Å². The molecule has 0 radical (unpaired) electrons. The van der Waals surface area contributed by atoms with E-state index in [0.29, 0.717) is 5.52 Å². The van der Waals surface area contributed by atoms with Crippen molar-refractivity contribution in [2.75, 3.05) is 12.4 Å². The molecule has 2 atom stereocenters. The summed E-state index contributed by atoms with van der Waals surface area (Å²) >= 11 is 7.11. The Kier molecular flexibility index (Phi) is 6.03. The molecule has 5 rings (SSSR count). The summed E-state index contributed by atoms with van der Waals surface area (Å²) in [4.78, 5) is 63.1. The number of halogens is 2. The van der Waals surface area contributed by atoms with Crippen LogP contribution in [-0.2, 0) is 19.1 Å². The van der Waals surface area contributed by atoms with Crippen LogP contribution < -0.4 is 10.7 Å². The summed E-state index contributed by atoms with van der Waals surface area (Å²) in [5.41, 5.74) is -0.572. The third kappa shape index (κ3) is 4.03. The number of carboxylic acid groups (broad SMARTS) is 1. The van der Waals surface area contributed by atoms with Gasteiger partial charge in [0.15, 0.2) is 0 Å². The fourth-order valence-electron chi connectivity index (χ4n) is 4.36. The van der Waals surface area contributed by atoms with Crippen LogP contribution in [0, 0.1) is 5.82 Å². The Morgan fingerprint density at radius 2 is 2.00 bits per heavy atom. The van der Waals surface area contributed by atoms with E-state index in [1.165, 1.54) is 30.9 Å². The maximum Gasteiger partial charge on any atom is 0.352 e. The molecule has 1 aromatic heterocycles. The highest BCUT2D eigenvalue weighted by Gasteiger charge is 2.54. The second kappa shape index (κ2) is 8.93. The number of hydrogen-bond donors (Lipinski definition) is 2. The lowest BCUT2D eigenvalue weighted by Gasteiger charge is -2.49. The first-order valence-corrected chi connectivity index (χ1v) is 12.4. The van der Waals surface area contributed by atoms with Gasteiger partial charge in [-0.05, 0) is 25.0 Å². The van der Waals surface area contributed by atoms with Crippen LogP contribution in [0.3, 0.4) is 0 Å². The van der Waals surface area contributed by atoms with Crippen molar-refractivity contribution >= 4 is 58.0 Å². The SMILES string of the molecule is CC(=O)OCC1=C(C(=O)O)N2C(=O)[C@@H](NC(=O)c3cn(C4CC4)c4cc(Cl)c(F)cc4c3=O)[C@H]2SC1. The summed E-state index contributed by atoms with van der Waals surface area (Å²) in [6, 6.07) is 1.32. The molecule has 188 valence electrons. The number of carboxylic acids is 1. The van der Waals surface area contributed by atoms with Crippen LogP contribution >= 0.6 is 23.4 Å². The monoisotopic (exact) mass is 535 g/mol. The van der Waals surface area contributed by atoms with Crippen LogP contribution in [0.15, 0.2) is 34.4 Å². The van der Waals surface area contributed by atoms with Crippen LogP contribution in [0.5, 0.6) is 0 Å². The lowest BCUT2D eigenvalue weighted by molar-refractivity contribution is -0.149. The number of rotatable bonds is 6. The predicted molar refractivity (Wildman–Crippen MR) is 127 cm³/mol. The molecule has 2 N–H and O–H groups in total. The molecular formula is C23H19ClFN3O7S. The number of nitrogens with zero attached hydrogens (tertiary/aromatic N) is 2. The van der Waals surface area contributed by atoms with Crippen molar-refractivity contribution in [2.45, 2.75) is 37.2 Å². The first kappa shape index (κ1) is 24.3.